The molecule has 0 saturated heterocycles. The molecule has 4 rings (SSSR count). The van der Waals surface area contributed by atoms with E-state index >= 15 is 0 Å². The highest BCUT2D eigenvalue weighted by molar-refractivity contribution is 5.94. The molecule has 2 heterocycles. The van der Waals surface area contributed by atoms with Crippen LogP contribution in [0.4, 0.5) is 14.5 Å². The van der Waals surface area contributed by atoms with E-state index in [2.05, 4.69) is 26.6 Å². The van der Waals surface area contributed by atoms with E-state index < -0.39 is 17.5 Å². The topological polar surface area (TPSA) is 115 Å². The van der Waals surface area contributed by atoms with Crippen molar-refractivity contribution in [3.8, 4) is 12.3 Å². The van der Waals surface area contributed by atoms with Crippen molar-refractivity contribution in [1.82, 2.24) is 20.0 Å². The van der Waals surface area contributed by atoms with Crippen LogP contribution in [0.5, 0.6) is 0 Å². The van der Waals surface area contributed by atoms with Crippen LogP contribution in [0.15, 0.2) is 65.6 Å². The number of para-hydroxylation sites is 1. The standard InChI is InChI=1S/C17H14N4O.C11H14F2N2O/c1-2-3-11-15-19-14-10-7-12-18-16(14)17(22)21(15)20-13-8-5-4-6-9-13;1-7-3-4-8(10(13)9(7)12)11(16)15-6-2-5-14/h1,4-10,12,20H,3,11H2;3-4H,2,5-6,14H2,1H3,(H,15,16). The number of anilines is 1. The fourth-order valence-corrected chi connectivity index (χ4v) is 3.39. The summed E-state index contributed by atoms with van der Waals surface area (Å²) in [5, 5.41) is 2.46. The number of aromatic nitrogens is 3. The Morgan fingerprint density at radius 1 is 1.11 bits per heavy atom. The Bertz CT molecular complexity index is 1500. The van der Waals surface area contributed by atoms with Gasteiger partial charge in [-0.2, -0.15) is 0 Å². The molecule has 0 radical (unpaired) electrons. The van der Waals surface area contributed by atoms with Gasteiger partial charge in [0.1, 0.15) is 5.82 Å². The minimum Gasteiger partial charge on any atom is -0.352 e. The van der Waals surface area contributed by atoms with Crippen LogP contribution in [0.3, 0.4) is 0 Å². The molecule has 2 aromatic carbocycles. The van der Waals surface area contributed by atoms with Crippen LogP contribution in [0.2, 0.25) is 0 Å². The van der Waals surface area contributed by atoms with Crippen molar-refractivity contribution in [1.29, 1.82) is 0 Å². The SMILES string of the molecule is C#CCCc1nc2cccnc2c(=O)n1Nc1ccccc1.Cc1ccc(C(=O)NCCCN)c(F)c1F. The van der Waals surface area contributed by atoms with E-state index in [-0.39, 0.29) is 16.7 Å². The summed E-state index contributed by atoms with van der Waals surface area (Å²) >= 11 is 0. The Balaban J connectivity index is 0.000000223. The molecule has 4 aromatic rings. The molecule has 0 unspecified atom stereocenters. The molecule has 0 fully saturated rings. The number of hydrogen-bond donors (Lipinski definition) is 3. The summed E-state index contributed by atoms with van der Waals surface area (Å²) < 4.78 is 27.9. The number of benzene rings is 2. The molecular weight excluding hydrogens is 490 g/mol. The van der Waals surface area contributed by atoms with Crippen LogP contribution in [-0.2, 0) is 6.42 Å². The Hall–Kier alpha value is -4.62. The third kappa shape index (κ3) is 6.99. The molecule has 8 nitrogen and oxygen atoms in total. The smallest absolute Gasteiger partial charge is 0.298 e. The first-order chi connectivity index (χ1) is 18.4. The van der Waals surface area contributed by atoms with Gasteiger partial charge in [-0.1, -0.05) is 24.3 Å². The molecule has 4 N–H and O–H groups in total. The molecule has 0 atom stereocenters. The normalized spacial score (nSPS) is 10.3. The molecule has 0 bridgehead atoms. The summed E-state index contributed by atoms with van der Waals surface area (Å²) in [5.41, 5.74) is 9.68. The fourth-order valence-electron chi connectivity index (χ4n) is 3.39. The molecule has 38 heavy (non-hydrogen) atoms. The second-order valence-electron chi connectivity index (χ2n) is 8.18. The predicted octanol–water partition coefficient (Wildman–Crippen LogP) is 3.58. The maximum absolute atomic E-state index is 13.4. The summed E-state index contributed by atoms with van der Waals surface area (Å²) in [4.78, 5) is 32.7. The lowest BCUT2D eigenvalue weighted by Crippen LogP contribution is -2.31. The van der Waals surface area contributed by atoms with Gasteiger partial charge in [-0.25, -0.2) is 23.4 Å². The summed E-state index contributed by atoms with van der Waals surface area (Å²) in [6.45, 7) is 2.23. The monoisotopic (exact) mass is 518 g/mol. The maximum Gasteiger partial charge on any atom is 0.298 e. The lowest BCUT2D eigenvalue weighted by Gasteiger charge is -2.14. The van der Waals surface area contributed by atoms with Gasteiger partial charge in [-0.3, -0.25) is 15.0 Å². The van der Waals surface area contributed by atoms with E-state index in [1.165, 1.54) is 23.7 Å². The lowest BCUT2D eigenvalue weighted by molar-refractivity contribution is 0.0948. The number of rotatable bonds is 8. The number of nitrogens with two attached hydrogens (primary N) is 1. The zero-order chi connectivity index (χ0) is 27.5. The minimum absolute atomic E-state index is 0.177. The second kappa shape index (κ2) is 13.6. The van der Waals surface area contributed by atoms with Gasteiger partial charge in [-0.05, 0) is 55.8 Å². The zero-order valence-electron chi connectivity index (χ0n) is 20.9. The number of carbonyl (C=O) groups excluding carboxylic acids is 1. The Kier molecular flexibility index (Phi) is 10.0. The van der Waals surface area contributed by atoms with Gasteiger partial charge in [0, 0.05) is 25.6 Å². The molecule has 0 saturated carbocycles. The summed E-state index contributed by atoms with van der Waals surface area (Å²) in [6, 6.07) is 15.6. The third-order valence-electron chi connectivity index (χ3n) is 5.39. The van der Waals surface area contributed by atoms with Gasteiger partial charge in [0.25, 0.3) is 11.5 Å². The second-order valence-corrected chi connectivity index (χ2v) is 8.18. The van der Waals surface area contributed by atoms with E-state index in [1.807, 2.05) is 30.3 Å². The fraction of sp³-hybridized carbons (Fsp3) is 0.214. The number of nitrogens with zero attached hydrogens (tertiary/aromatic N) is 3. The first kappa shape index (κ1) is 28.0. The van der Waals surface area contributed by atoms with Gasteiger partial charge >= 0.3 is 0 Å². The van der Waals surface area contributed by atoms with Crippen molar-refractivity contribution in [2.75, 3.05) is 18.5 Å². The van der Waals surface area contributed by atoms with Crippen molar-refractivity contribution in [3.63, 3.8) is 0 Å². The minimum atomic E-state index is -1.11. The number of pyridine rings is 1. The Morgan fingerprint density at radius 3 is 2.58 bits per heavy atom. The van der Waals surface area contributed by atoms with Crippen LogP contribution in [0.1, 0.15) is 34.6 Å². The number of carbonyl (C=O) groups is 1. The van der Waals surface area contributed by atoms with Gasteiger partial charge in [-0.15, -0.1) is 12.3 Å². The van der Waals surface area contributed by atoms with Crippen molar-refractivity contribution < 1.29 is 13.6 Å². The van der Waals surface area contributed by atoms with E-state index in [0.29, 0.717) is 49.2 Å². The molecule has 10 heteroatoms. The quantitative estimate of drug-likeness (QED) is 0.243. The largest absolute Gasteiger partial charge is 0.352 e. The number of amides is 1. The average molecular weight is 519 g/mol. The highest BCUT2D eigenvalue weighted by atomic mass is 19.2. The molecule has 0 aliphatic heterocycles. The van der Waals surface area contributed by atoms with Crippen molar-refractivity contribution in [2.24, 2.45) is 5.73 Å². The number of halogens is 2. The summed E-state index contributed by atoms with van der Waals surface area (Å²) in [7, 11) is 0. The first-order valence-electron chi connectivity index (χ1n) is 11.9. The van der Waals surface area contributed by atoms with Crippen molar-refractivity contribution >= 4 is 22.6 Å². The number of aryl methyl sites for hydroxylation is 2. The van der Waals surface area contributed by atoms with Crippen molar-refractivity contribution in [3.05, 3.63) is 99.7 Å². The third-order valence-corrected chi connectivity index (χ3v) is 5.39. The Morgan fingerprint density at radius 2 is 1.87 bits per heavy atom. The van der Waals surface area contributed by atoms with Gasteiger partial charge in [0.15, 0.2) is 17.2 Å². The molecule has 1 amide bonds. The molecule has 2 aromatic heterocycles. The first-order valence-corrected chi connectivity index (χ1v) is 11.9. The van der Waals surface area contributed by atoms with Gasteiger partial charge in [0.05, 0.1) is 16.8 Å². The van der Waals surface area contributed by atoms with E-state index in [1.54, 1.807) is 18.3 Å². The summed E-state index contributed by atoms with van der Waals surface area (Å²) in [5.74, 6) is 0.459. The number of fused-ring (bicyclic) bond motifs is 1. The predicted molar refractivity (Wildman–Crippen MR) is 144 cm³/mol. The maximum atomic E-state index is 13.4. The van der Waals surface area contributed by atoms with Crippen LogP contribution in [0.25, 0.3) is 11.0 Å². The zero-order valence-corrected chi connectivity index (χ0v) is 20.9. The van der Waals surface area contributed by atoms with E-state index in [0.717, 1.165) is 5.69 Å². The Labute approximate surface area is 218 Å². The molecule has 0 spiro atoms. The summed E-state index contributed by atoms with van der Waals surface area (Å²) in [6.07, 6.45) is 8.53. The average Bonchev–Trinajstić information content (AvgIpc) is 2.93. The van der Waals surface area contributed by atoms with E-state index in [9.17, 15) is 18.4 Å². The van der Waals surface area contributed by atoms with Crippen molar-refractivity contribution in [2.45, 2.75) is 26.2 Å². The van der Waals surface area contributed by atoms with E-state index in [4.69, 9.17) is 12.2 Å². The molecule has 0 aliphatic rings. The van der Waals surface area contributed by atoms with Crippen LogP contribution in [-0.4, -0.2) is 33.6 Å². The highest BCUT2D eigenvalue weighted by Crippen LogP contribution is 2.15. The lowest BCUT2D eigenvalue weighted by atomic mass is 10.1. The number of nitrogens with one attached hydrogen (secondary N) is 2. The van der Waals surface area contributed by atoms with Crippen LogP contribution >= 0.6 is 0 Å². The van der Waals surface area contributed by atoms with Gasteiger partial charge in [0.2, 0.25) is 0 Å². The van der Waals surface area contributed by atoms with Gasteiger partial charge < -0.3 is 11.1 Å². The van der Waals surface area contributed by atoms with Crippen LogP contribution in [0, 0.1) is 30.9 Å². The molecule has 0 aliphatic carbocycles. The molecule has 196 valence electrons. The highest BCUT2D eigenvalue weighted by Gasteiger charge is 2.16. The number of terminal acetylenes is 1. The van der Waals surface area contributed by atoms with Crippen LogP contribution < -0.4 is 22.0 Å². The number of hydrogen-bond acceptors (Lipinski definition) is 6. The molecular formula is C28H28F2N6O2.